The molecule has 0 aromatic rings. The molecule has 0 spiro atoms. The molecule has 1 nitrogen and oxygen atoms in total. The Bertz CT molecular complexity index is 444. The molecule has 0 aromatic carbocycles. The lowest BCUT2D eigenvalue weighted by Gasteiger charge is -2.26. The lowest BCUT2D eigenvalue weighted by Crippen LogP contribution is -2.14. The van der Waals surface area contributed by atoms with Gasteiger partial charge in [-0.05, 0) is 60.3 Å². The van der Waals surface area contributed by atoms with E-state index in [-0.39, 0.29) is 0 Å². The van der Waals surface area contributed by atoms with Crippen LogP contribution in [0.25, 0.3) is 0 Å². The van der Waals surface area contributed by atoms with Crippen LogP contribution in [-0.2, 0) is 4.74 Å². The van der Waals surface area contributed by atoms with Crippen molar-refractivity contribution in [1.29, 1.82) is 0 Å². The van der Waals surface area contributed by atoms with Gasteiger partial charge in [-0.1, -0.05) is 31.2 Å². The second-order valence-corrected chi connectivity index (χ2v) is 6.75. The fourth-order valence-electron chi connectivity index (χ4n) is 2.61. The zero-order valence-electron chi connectivity index (χ0n) is 13.0. The van der Waals surface area contributed by atoms with Crippen LogP contribution in [0, 0.1) is 5.92 Å². The molecule has 3 unspecified atom stereocenters. The van der Waals surface area contributed by atoms with E-state index in [0.29, 0.717) is 5.92 Å². The number of ether oxygens (including phenoxy) is 1. The van der Waals surface area contributed by atoms with Crippen LogP contribution in [0.1, 0.15) is 39.5 Å². The molecule has 0 fully saturated rings. The summed E-state index contributed by atoms with van der Waals surface area (Å²) < 4.78 is 5.39. The monoisotopic (exact) mass is 310 g/mol. The van der Waals surface area contributed by atoms with Crippen LogP contribution < -0.4 is 0 Å². The summed E-state index contributed by atoms with van der Waals surface area (Å²) in [6, 6.07) is 0. The molecule has 0 heterocycles. The number of rotatable bonds is 7. The van der Waals surface area contributed by atoms with Crippen molar-refractivity contribution in [3.05, 3.63) is 46.1 Å². The Morgan fingerprint density at radius 2 is 2.25 bits per heavy atom. The van der Waals surface area contributed by atoms with Crippen molar-refractivity contribution in [3.8, 4) is 0 Å². The van der Waals surface area contributed by atoms with Crippen LogP contribution in [0.5, 0.6) is 0 Å². The predicted molar refractivity (Wildman–Crippen MR) is 96.9 cm³/mol. The minimum Gasteiger partial charge on any atom is -0.380 e. The third-order valence-corrected chi connectivity index (χ3v) is 5.37. The van der Waals surface area contributed by atoms with E-state index in [1.165, 1.54) is 33.8 Å². The first kappa shape index (κ1) is 17.8. The minimum absolute atomic E-state index is 0.607. The van der Waals surface area contributed by atoms with Crippen molar-refractivity contribution in [2.24, 2.45) is 5.92 Å². The number of hydrogen-bond acceptors (Lipinski definition) is 1. The van der Waals surface area contributed by atoms with Crippen molar-refractivity contribution in [3.63, 3.8) is 0 Å². The van der Waals surface area contributed by atoms with E-state index in [1.54, 1.807) is 7.11 Å². The lowest BCUT2D eigenvalue weighted by atomic mass is 9.84. The van der Waals surface area contributed by atoms with Gasteiger partial charge in [-0.3, -0.25) is 0 Å². The van der Waals surface area contributed by atoms with Gasteiger partial charge in [-0.2, -0.15) is 0 Å². The molecule has 0 aromatic heterocycles. The molecule has 1 rings (SSSR count). The SMILES string of the molecule is C=C/C(P)=C(\C)CCC1CC(P)=C(CC)C=C1COC. The van der Waals surface area contributed by atoms with Crippen LogP contribution in [0.3, 0.4) is 0 Å². The van der Waals surface area contributed by atoms with Crippen molar-refractivity contribution >= 4 is 18.5 Å². The Balaban J connectivity index is 2.78. The third-order valence-electron chi connectivity index (χ3n) is 4.04. The topological polar surface area (TPSA) is 9.23 Å². The average molecular weight is 310 g/mol. The highest BCUT2D eigenvalue weighted by Gasteiger charge is 2.20. The first-order chi connectivity index (χ1) is 9.53. The van der Waals surface area contributed by atoms with Gasteiger partial charge in [0.2, 0.25) is 0 Å². The molecule has 20 heavy (non-hydrogen) atoms. The molecule has 1 aliphatic carbocycles. The molecule has 1 aliphatic rings. The van der Waals surface area contributed by atoms with Crippen LogP contribution in [-0.4, -0.2) is 13.7 Å². The van der Waals surface area contributed by atoms with Gasteiger partial charge in [0.25, 0.3) is 0 Å². The maximum absolute atomic E-state index is 5.39. The highest BCUT2D eigenvalue weighted by Crippen LogP contribution is 2.37. The van der Waals surface area contributed by atoms with Gasteiger partial charge in [-0.15, -0.1) is 18.5 Å². The van der Waals surface area contributed by atoms with Gasteiger partial charge in [0.05, 0.1) is 6.61 Å². The second-order valence-electron chi connectivity index (χ2n) is 5.44. The predicted octanol–water partition coefficient (Wildman–Crippen LogP) is 5.23. The Morgan fingerprint density at radius 3 is 2.80 bits per heavy atom. The first-order valence-electron chi connectivity index (χ1n) is 7.28. The minimum atomic E-state index is 0.607. The molecule has 112 valence electrons. The van der Waals surface area contributed by atoms with E-state index in [0.717, 1.165) is 25.9 Å². The molecule has 0 radical (unpaired) electrons. The molecule has 0 N–H and O–H groups in total. The van der Waals surface area contributed by atoms with Crippen LogP contribution >= 0.6 is 18.5 Å². The molecule has 0 aliphatic heterocycles. The lowest BCUT2D eigenvalue weighted by molar-refractivity contribution is 0.214. The van der Waals surface area contributed by atoms with Crippen molar-refractivity contribution in [1.82, 2.24) is 0 Å². The van der Waals surface area contributed by atoms with Gasteiger partial charge in [0.15, 0.2) is 0 Å². The zero-order valence-corrected chi connectivity index (χ0v) is 15.3. The molecule has 0 saturated carbocycles. The Hall–Kier alpha value is -0.220. The number of methoxy groups -OCH3 is 1. The Kier molecular flexibility index (Phi) is 7.96. The molecular formula is C17H28OP2. The summed E-state index contributed by atoms with van der Waals surface area (Å²) in [4.78, 5) is 0. The summed E-state index contributed by atoms with van der Waals surface area (Å²) in [5.41, 5.74) is 4.33. The highest BCUT2D eigenvalue weighted by molar-refractivity contribution is 7.23. The van der Waals surface area contributed by atoms with Crippen molar-refractivity contribution in [2.75, 3.05) is 13.7 Å². The molecule has 0 amide bonds. The fourth-order valence-corrected chi connectivity index (χ4v) is 3.33. The highest BCUT2D eigenvalue weighted by atomic mass is 31.0. The van der Waals surface area contributed by atoms with Gasteiger partial charge in [0.1, 0.15) is 0 Å². The Labute approximate surface area is 129 Å². The molecule has 0 saturated heterocycles. The van der Waals surface area contributed by atoms with Crippen LogP contribution in [0.4, 0.5) is 0 Å². The molecule has 3 heteroatoms. The van der Waals surface area contributed by atoms with Gasteiger partial charge in [0, 0.05) is 7.11 Å². The molecular weight excluding hydrogens is 282 g/mol. The fraction of sp³-hybridized carbons (Fsp3) is 0.529. The van der Waals surface area contributed by atoms with Gasteiger partial charge >= 0.3 is 0 Å². The third kappa shape index (κ3) is 4.96. The van der Waals surface area contributed by atoms with Crippen LogP contribution in [0.15, 0.2) is 46.1 Å². The van der Waals surface area contributed by atoms with E-state index in [4.69, 9.17) is 4.74 Å². The first-order valence-corrected chi connectivity index (χ1v) is 8.43. The van der Waals surface area contributed by atoms with E-state index in [2.05, 4.69) is 45.0 Å². The number of hydrogen-bond donors (Lipinski definition) is 0. The zero-order chi connectivity index (χ0) is 15.1. The maximum atomic E-state index is 5.39. The average Bonchev–Trinajstić information content (AvgIpc) is 2.45. The molecule has 0 bridgehead atoms. The summed E-state index contributed by atoms with van der Waals surface area (Å²) in [6.45, 7) is 9.00. The Morgan fingerprint density at radius 1 is 1.55 bits per heavy atom. The van der Waals surface area contributed by atoms with E-state index >= 15 is 0 Å². The van der Waals surface area contributed by atoms with Crippen LogP contribution in [0.2, 0.25) is 0 Å². The maximum Gasteiger partial charge on any atom is 0.0678 e. The number of allylic oxidation sites excluding steroid dienone is 6. The summed E-state index contributed by atoms with van der Waals surface area (Å²) in [5, 5.41) is 2.70. The standard InChI is InChI=1S/C17H28OP2/c1-5-13-9-15(11-18-4)14(10-17(13)20)8-7-12(3)16(19)6-2/h6,9,14H,2,5,7-8,10-11,19-20H2,1,3-4H3/b16-12-. The molecule has 3 atom stereocenters. The smallest absolute Gasteiger partial charge is 0.0678 e. The van der Waals surface area contributed by atoms with Gasteiger partial charge < -0.3 is 4.74 Å². The largest absolute Gasteiger partial charge is 0.380 e. The van der Waals surface area contributed by atoms with E-state index < -0.39 is 0 Å². The van der Waals surface area contributed by atoms with E-state index in [1.807, 2.05) is 6.08 Å². The normalized spacial score (nSPS) is 20.6. The quantitative estimate of drug-likeness (QED) is 0.462. The van der Waals surface area contributed by atoms with E-state index in [9.17, 15) is 0 Å². The summed E-state index contributed by atoms with van der Waals surface area (Å²) in [6.07, 6.45) is 8.83. The van der Waals surface area contributed by atoms with Gasteiger partial charge in [-0.25, -0.2) is 0 Å². The second kappa shape index (κ2) is 8.93. The summed E-state index contributed by atoms with van der Waals surface area (Å²) >= 11 is 0. The van der Waals surface area contributed by atoms with Crippen molar-refractivity contribution in [2.45, 2.75) is 39.5 Å². The van der Waals surface area contributed by atoms with Crippen molar-refractivity contribution < 1.29 is 4.74 Å². The summed E-state index contributed by atoms with van der Waals surface area (Å²) in [7, 11) is 7.49. The summed E-state index contributed by atoms with van der Waals surface area (Å²) in [5.74, 6) is 0.607.